The summed E-state index contributed by atoms with van der Waals surface area (Å²) in [5.74, 6) is 0. The van der Waals surface area contributed by atoms with Gasteiger partial charge in [-0.2, -0.15) is 0 Å². The number of fused-ring (bicyclic) bond motifs is 2. The lowest BCUT2D eigenvalue weighted by Gasteiger charge is -2.09. The summed E-state index contributed by atoms with van der Waals surface area (Å²) in [5.41, 5.74) is 2.30. The van der Waals surface area contributed by atoms with Crippen molar-refractivity contribution in [2.24, 2.45) is 0 Å². The molecule has 0 spiro atoms. The maximum atomic E-state index is 12.8. The predicted octanol–water partition coefficient (Wildman–Crippen LogP) is 3.62. The van der Waals surface area contributed by atoms with E-state index in [0.717, 1.165) is 21.0 Å². The summed E-state index contributed by atoms with van der Waals surface area (Å²) in [5, 5.41) is 1.34. The lowest BCUT2D eigenvalue weighted by molar-refractivity contribution is 0.557. The van der Waals surface area contributed by atoms with Crippen molar-refractivity contribution in [1.29, 1.82) is 0 Å². The molecule has 0 saturated carbocycles. The van der Waals surface area contributed by atoms with Crippen LogP contribution in [0.3, 0.4) is 0 Å². The van der Waals surface area contributed by atoms with E-state index >= 15 is 0 Å². The number of halogens is 1. The normalized spacial score (nSPS) is 11.3. The third-order valence-electron chi connectivity index (χ3n) is 4.11. The molecule has 0 amide bonds. The van der Waals surface area contributed by atoms with Crippen LogP contribution in [0.1, 0.15) is 11.1 Å². The Kier molecular flexibility index (Phi) is 3.77. The second kappa shape index (κ2) is 5.97. The van der Waals surface area contributed by atoms with E-state index in [1.165, 1.54) is 17.0 Å². The van der Waals surface area contributed by atoms with Gasteiger partial charge in [-0.1, -0.05) is 28.1 Å². The molecule has 0 aliphatic heterocycles. The van der Waals surface area contributed by atoms with Gasteiger partial charge in [0.05, 0.1) is 23.8 Å². The molecule has 2 aromatic carbocycles. The standard InChI is InChI=1S/C19H13BrN2O3/c1-11-2-4-14-12(7-18(23)25-17(14)6-11)9-22-10-21-16-5-3-13(20)8-15(16)19(22)24/h2-8,10H,9H2,1H3. The summed E-state index contributed by atoms with van der Waals surface area (Å²) >= 11 is 3.38. The van der Waals surface area contributed by atoms with Crippen LogP contribution in [-0.4, -0.2) is 9.55 Å². The Hall–Kier alpha value is -2.73. The number of rotatable bonds is 2. The Bertz CT molecular complexity index is 1240. The first-order valence-corrected chi connectivity index (χ1v) is 8.49. The Labute approximate surface area is 150 Å². The Balaban J connectivity index is 1.90. The highest BCUT2D eigenvalue weighted by atomic mass is 79.9. The van der Waals surface area contributed by atoms with Gasteiger partial charge in [0.2, 0.25) is 0 Å². The predicted molar refractivity (Wildman–Crippen MR) is 100 cm³/mol. The first-order chi connectivity index (χ1) is 12.0. The summed E-state index contributed by atoms with van der Waals surface area (Å²) in [6, 6.07) is 12.5. The molecular weight excluding hydrogens is 384 g/mol. The van der Waals surface area contributed by atoms with Gasteiger partial charge in [-0.15, -0.1) is 0 Å². The summed E-state index contributed by atoms with van der Waals surface area (Å²) in [6.45, 7) is 2.18. The van der Waals surface area contributed by atoms with Crippen molar-refractivity contribution < 1.29 is 4.42 Å². The minimum absolute atomic E-state index is 0.153. The molecule has 0 unspecified atom stereocenters. The molecule has 2 aromatic heterocycles. The van der Waals surface area contributed by atoms with Crippen LogP contribution >= 0.6 is 15.9 Å². The Morgan fingerprint density at radius 1 is 1.08 bits per heavy atom. The third kappa shape index (κ3) is 2.89. The van der Waals surface area contributed by atoms with E-state index in [-0.39, 0.29) is 12.1 Å². The average Bonchev–Trinajstić information content (AvgIpc) is 2.57. The van der Waals surface area contributed by atoms with Crippen LogP contribution in [0, 0.1) is 6.92 Å². The van der Waals surface area contributed by atoms with Crippen molar-refractivity contribution in [3.05, 3.63) is 85.2 Å². The van der Waals surface area contributed by atoms with Crippen molar-refractivity contribution in [2.45, 2.75) is 13.5 Å². The zero-order chi connectivity index (χ0) is 17.6. The Morgan fingerprint density at radius 3 is 2.76 bits per heavy atom. The minimum atomic E-state index is -0.433. The van der Waals surface area contributed by atoms with Crippen LogP contribution in [0.2, 0.25) is 0 Å². The van der Waals surface area contributed by atoms with Crippen LogP contribution in [0.25, 0.3) is 21.9 Å². The quantitative estimate of drug-likeness (QED) is 0.485. The Morgan fingerprint density at radius 2 is 1.92 bits per heavy atom. The van der Waals surface area contributed by atoms with Crippen LogP contribution in [0.4, 0.5) is 0 Å². The lowest BCUT2D eigenvalue weighted by atomic mass is 10.1. The zero-order valence-corrected chi connectivity index (χ0v) is 14.9. The first kappa shape index (κ1) is 15.8. The monoisotopic (exact) mass is 396 g/mol. The van der Waals surface area contributed by atoms with Crippen molar-refractivity contribution in [2.75, 3.05) is 0 Å². The largest absolute Gasteiger partial charge is 0.423 e. The smallest absolute Gasteiger partial charge is 0.336 e. The summed E-state index contributed by atoms with van der Waals surface area (Å²) in [7, 11) is 0. The van der Waals surface area contributed by atoms with Crippen LogP contribution in [0.5, 0.6) is 0 Å². The van der Waals surface area contributed by atoms with Crippen molar-refractivity contribution >= 4 is 37.8 Å². The number of aromatic nitrogens is 2. The van der Waals surface area contributed by atoms with Gasteiger partial charge in [0.1, 0.15) is 5.58 Å². The van der Waals surface area contributed by atoms with E-state index in [0.29, 0.717) is 16.5 Å². The molecule has 5 nitrogen and oxygen atoms in total. The van der Waals surface area contributed by atoms with E-state index in [4.69, 9.17) is 4.42 Å². The van der Waals surface area contributed by atoms with Gasteiger partial charge >= 0.3 is 5.63 Å². The van der Waals surface area contributed by atoms with Gasteiger partial charge in [0.15, 0.2) is 0 Å². The number of nitrogens with zero attached hydrogens (tertiary/aromatic N) is 2. The van der Waals surface area contributed by atoms with E-state index in [1.54, 1.807) is 12.1 Å². The topological polar surface area (TPSA) is 65.1 Å². The number of aryl methyl sites for hydroxylation is 1. The maximum Gasteiger partial charge on any atom is 0.336 e. The van der Waals surface area contributed by atoms with E-state index in [9.17, 15) is 9.59 Å². The van der Waals surface area contributed by atoms with Crippen LogP contribution in [-0.2, 0) is 6.54 Å². The average molecular weight is 397 g/mol. The minimum Gasteiger partial charge on any atom is -0.423 e. The fourth-order valence-electron chi connectivity index (χ4n) is 2.90. The molecule has 124 valence electrons. The van der Waals surface area contributed by atoms with E-state index in [1.807, 2.05) is 31.2 Å². The molecule has 25 heavy (non-hydrogen) atoms. The highest BCUT2D eigenvalue weighted by molar-refractivity contribution is 9.10. The molecular formula is C19H13BrN2O3. The van der Waals surface area contributed by atoms with Crippen LogP contribution in [0.15, 0.2) is 67.3 Å². The molecule has 0 fully saturated rings. The molecule has 4 aromatic rings. The summed E-state index contributed by atoms with van der Waals surface area (Å²) < 4.78 is 7.59. The zero-order valence-electron chi connectivity index (χ0n) is 13.3. The van der Waals surface area contributed by atoms with Crippen molar-refractivity contribution in [1.82, 2.24) is 9.55 Å². The van der Waals surface area contributed by atoms with Crippen molar-refractivity contribution in [3.63, 3.8) is 0 Å². The van der Waals surface area contributed by atoms with Gasteiger partial charge in [-0.25, -0.2) is 9.78 Å². The molecule has 0 aliphatic carbocycles. The van der Waals surface area contributed by atoms with Gasteiger partial charge in [0, 0.05) is 15.9 Å². The lowest BCUT2D eigenvalue weighted by Crippen LogP contribution is -2.21. The SMILES string of the molecule is Cc1ccc2c(Cn3cnc4ccc(Br)cc4c3=O)cc(=O)oc2c1. The molecule has 0 radical (unpaired) electrons. The molecule has 0 aliphatic rings. The second-order valence-electron chi connectivity index (χ2n) is 5.93. The van der Waals surface area contributed by atoms with Gasteiger partial charge in [-0.3, -0.25) is 9.36 Å². The molecule has 4 rings (SSSR count). The van der Waals surface area contributed by atoms with E-state index in [2.05, 4.69) is 20.9 Å². The fourth-order valence-corrected chi connectivity index (χ4v) is 3.26. The molecule has 2 heterocycles. The summed E-state index contributed by atoms with van der Waals surface area (Å²) in [4.78, 5) is 29.0. The van der Waals surface area contributed by atoms with Crippen LogP contribution < -0.4 is 11.2 Å². The van der Waals surface area contributed by atoms with E-state index < -0.39 is 5.63 Å². The highest BCUT2D eigenvalue weighted by Gasteiger charge is 2.10. The molecule has 0 N–H and O–H groups in total. The number of hydrogen-bond acceptors (Lipinski definition) is 4. The first-order valence-electron chi connectivity index (χ1n) is 7.69. The maximum absolute atomic E-state index is 12.8. The van der Waals surface area contributed by atoms with Gasteiger partial charge in [-0.05, 0) is 42.3 Å². The third-order valence-corrected chi connectivity index (χ3v) is 4.61. The summed E-state index contributed by atoms with van der Waals surface area (Å²) in [6.07, 6.45) is 1.51. The fraction of sp³-hybridized carbons (Fsp3) is 0.105. The van der Waals surface area contributed by atoms with Crippen molar-refractivity contribution in [3.8, 4) is 0 Å². The number of benzene rings is 2. The number of hydrogen-bond donors (Lipinski definition) is 0. The molecule has 0 saturated heterocycles. The molecule has 0 bridgehead atoms. The van der Waals surface area contributed by atoms with Gasteiger partial charge < -0.3 is 4.42 Å². The van der Waals surface area contributed by atoms with Gasteiger partial charge in [0.25, 0.3) is 5.56 Å². The molecule has 6 heteroatoms. The molecule has 0 atom stereocenters. The second-order valence-corrected chi connectivity index (χ2v) is 6.85. The highest BCUT2D eigenvalue weighted by Crippen LogP contribution is 2.20.